The fourth-order valence-corrected chi connectivity index (χ4v) is 2.77. The maximum Gasteiger partial charge on any atom is 0.254 e. The molecule has 0 spiro atoms. The minimum Gasteiger partial charge on any atom is -0.383 e. The van der Waals surface area contributed by atoms with Gasteiger partial charge in [0.1, 0.15) is 17.3 Å². The maximum absolute atomic E-state index is 13.7. The third-order valence-corrected chi connectivity index (χ3v) is 3.98. The zero-order chi connectivity index (χ0) is 14.7. The van der Waals surface area contributed by atoms with Crippen molar-refractivity contribution in [1.29, 1.82) is 0 Å². The molecule has 1 aliphatic carbocycles. The summed E-state index contributed by atoms with van der Waals surface area (Å²) in [6, 6.07) is 2.36. The number of halogens is 2. The first-order valence-corrected chi connectivity index (χ1v) is 6.98. The van der Waals surface area contributed by atoms with Crippen molar-refractivity contribution in [2.45, 2.75) is 38.1 Å². The van der Waals surface area contributed by atoms with Crippen LogP contribution in [0.4, 0.5) is 14.5 Å². The van der Waals surface area contributed by atoms with Crippen LogP contribution in [-0.2, 0) is 0 Å². The molecular weight excluding hydrogens is 262 g/mol. The molecule has 1 fully saturated rings. The molecule has 110 valence electrons. The predicted octanol–water partition coefficient (Wildman–Crippen LogP) is 3.41. The fraction of sp³-hybridized carbons (Fsp3) is 0.533. The van der Waals surface area contributed by atoms with E-state index >= 15 is 0 Å². The van der Waals surface area contributed by atoms with Gasteiger partial charge in [-0.15, -0.1) is 0 Å². The molecule has 0 saturated heterocycles. The van der Waals surface area contributed by atoms with E-state index in [9.17, 15) is 13.6 Å². The number of hydrogen-bond acceptors (Lipinski definition) is 2. The van der Waals surface area contributed by atoms with E-state index in [1.54, 1.807) is 11.9 Å². The third kappa shape index (κ3) is 2.92. The quantitative estimate of drug-likeness (QED) is 0.921. The van der Waals surface area contributed by atoms with Gasteiger partial charge in [0.15, 0.2) is 0 Å². The number of carbonyl (C=O) groups excluding carboxylic acids is 1. The van der Waals surface area contributed by atoms with Gasteiger partial charge in [0.25, 0.3) is 5.91 Å². The lowest BCUT2D eigenvalue weighted by Gasteiger charge is -2.31. The van der Waals surface area contributed by atoms with Crippen molar-refractivity contribution in [2.24, 2.45) is 0 Å². The van der Waals surface area contributed by atoms with Gasteiger partial charge in [0.2, 0.25) is 0 Å². The molecule has 1 N–H and O–H groups in total. The summed E-state index contributed by atoms with van der Waals surface area (Å²) >= 11 is 0. The second-order valence-electron chi connectivity index (χ2n) is 5.27. The van der Waals surface area contributed by atoms with Crippen LogP contribution >= 0.6 is 0 Å². The highest BCUT2D eigenvalue weighted by Gasteiger charge is 2.24. The Hall–Kier alpha value is -1.65. The van der Waals surface area contributed by atoms with E-state index in [4.69, 9.17) is 0 Å². The Morgan fingerprint density at radius 1 is 1.20 bits per heavy atom. The number of carbonyl (C=O) groups is 1. The van der Waals surface area contributed by atoms with E-state index in [1.165, 1.54) is 13.5 Å². The van der Waals surface area contributed by atoms with E-state index in [-0.39, 0.29) is 23.2 Å². The number of nitrogens with one attached hydrogen (secondary N) is 1. The molecular formula is C15H20F2N2O. The standard InChI is InChI=1S/C15H20F2N2O/c1-18-14-12(16)8-10(9-13(14)17)15(20)19(2)11-6-4-3-5-7-11/h8-9,11,18H,3-7H2,1-2H3. The Morgan fingerprint density at radius 3 is 2.25 bits per heavy atom. The minimum absolute atomic E-state index is 0.0621. The Labute approximate surface area is 118 Å². The van der Waals surface area contributed by atoms with Crippen molar-refractivity contribution in [3.8, 4) is 0 Å². The number of anilines is 1. The Balaban J connectivity index is 2.20. The molecule has 1 saturated carbocycles. The van der Waals surface area contributed by atoms with Crippen molar-refractivity contribution in [3.05, 3.63) is 29.3 Å². The fourth-order valence-electron chi connectivity index (χ4n) is 2.77. The summed E-state index contributed by atoms with van der Waals surface area (Å²) in [6.07, 6.45) is 5.32. The lowest BCUT2D eigenvalue weighted by molar-refractivity contribution is 0.0695. The van der Waals surface area contributed by atoms with Crippen molar-refractivity contribution in [2.75, 3.05) is 19.4 Å². The van der Waals surface area contributed by atoms with E-state index in [0.717, 1.165) is 37.8 Å². The lowest BCUT2D eigenvalue weighted by Crippen LogP contribution is -2.38. The van der Waals surface area contributed by atoms with Crippen LogP contribution in [0.1, 0.15) is 42.5 Å². The van der Waals surface area contributed by atoms with Crippen molar-refractivity contribution in [1.82, 2.24) is 4.90 Å². The van der Waals surface area contributed by atoms with Crippen LogP contribution in [0.25, 0.3) is 0 Å². The largest absolute Gasteiger partial charge is 0.383 e. The molecule has 20 heavy (non-hydrogen) atoms. The first kappa shape index (κ1) is 14.8. The molecule has 1 aromatic rings. The molecule has 3 nitrogen and oxygen atoms in total. The van der Waals surface area contributed by atoms with Crippen molar-refractivity contribution >= 4 is 11.6 Å². The molecule has 1 aliphatic rings. The van der Waals surface area contributed by atoms with Gasteiger partial charge in [0, 0.05) is 25.7 Å². The van der Waals surface area contributed by atoms with Crippen LogP contribution in [0.15, 0.2) is 12.1 Å². The third-order valence-electron chi connectivity index (χ3n) is 3.98. The highest BCUT2D eigenvalue weighted by atomic mass is 19.1. The van der Waals surface area contributed by atoms with E-state index in [0.29, 0.717) is 0 Å². The summed E-state index contributed by atoms with van der Waals surface area (Å²) in [5.74, 6) is -1.81. The molecule has 1 amide bonds. The highest BCUT2D eigenvalue weighted by Crippen LogP contribution is 2.25. The average Bonchev–Trinajstić information content (AvgIpc) is 2.46. The van der Waals surface area contributed by atoms with Crippen LogP contribution in [0, 0.1) is 11.6 Å². The second-order valence-corrected chi connectivity index (χ2v) is 5.27. The summed E-state index contributed by atoms with van der Waals surface area (Å²) in [6.45, 7) is 0. The molecule has 1 aromatic carbocycles. The first-order valence-electron chi connectivity index (χ1n) is 6.98. The maximum atomic E-state index is 13.7. The number of amides is 1. The predicted molar refractivity (Wildman–Crippen MR) is 74.9 cm³/mol. The average molecular weight is 282 g/mol. The zero-order valence-electron chi connectivity index (χ0n) is 11.9. The van der Waals surface area contributed by atoms with Gasteiger partial charge in [-0.25, -0.2) is 8.78 Å². The molecule has 0 aliphatic heterocycles. The molecule has 2 rings (SSSR count). The van der Waals surface area contributed by atoms with Gasteiger partial charge in [-0.1, -0.05) is 19.3 Å². The minimum atomic E-state index is -0.743. The van der Waals surface area contributed by atoms with E-state index in [2.05, 4.69) is 5.32 Å². The Morgan fingerprint density at radius 2 is 1.75 bits per heavy atom. The van der Waals surface area contributed by atoms with Crippen molar-refractivity contribution < 1.29 is 13.6 Å². The van der Waals surface area contributed by atoms with Crippen LogP contribution in [-0.4, -0.2) is 30.9 Å². The summed E-state index contributed by atoms with van der Waals surface area (Å²) in [7, 11) is 3.15. The molecule has 0 atom stereocenters. The van der Waals surface area contributed by atoms with Gasteiger partial charge >= 0.3 is 0 Å². The number of hydrogen-bond donors (Lipinski definition) is 1. The SMILES string of the molecule is CNc1c(F)cc(C(=O)N(C)C2CCCCC2)cc1F. The van der Waals surface area contributed by atoms with Gasteiger partial charge in [-0.2, -0.15) is 0 Å². The van der Waals surface area contributed by atoms with Crippen molar-refractivity contribution in [3.63, 3.8) is 0 Å². The molecule has 0 radical (unpaired) electrons. The number of rotatable bonds is 3. The van der Waals surface area contributed by atoms with Crippen LogP contribution in [0.5, 0.6) is 0 Å². The zero-order valence-corrected chi connectivity index (χ0v) is 11.9. The first-order chi connectivity index (χ1) is 9.54. The summed E-state index contributed by atoms with van der Waals surface area (Å²) in [5, 5.41) is 2.45. The normalized spacial score (nSPS) is 16.0. The summed E-state index contributed by atoms with van der Waals surface area (Å²) in [5.41, 5.74) is -0.144. The second kappa shape index (κ2) is 6.20. The molecule has 5 heteroatoms. The topological polar surface area (TPSA) is 32.3 Å². The summed E-state index contributed by atoms with van der Waals surface area (Å²) in [4.78, 5) is 13.9. The summed E-state index contributed by atoms with van der Waals surface area (Å²) < 4.78 is 27.4. The van der Waals surface area contributed by atoms with Crippen LogP contribution in [0.3, 0.4) is 0 Å². The lowest BCUT2D eigenvalue weighted by atomic mass is 9.94. The van der Waals surface area contributed by atoms with Crippen LogP contribution < -0.4 is 5.32 Å². The molecule has 0 aromatic heterocycles. The van der Waals surface area contributed by atoms with E-state index < -0.39 is 11.6 Å². The smallest absolute Gasteiger partial charge is 0.254 e. The van der Waals surface area contributed by atoms with Gasteiger partial charge in [0.05, 0.1) is 0 Å². The van der Waals surface area contributed by atoms with Gasteiger partial charge in [-0.3, -0.25) is 4.79 Å². The monoisotopic (exact) mass is 282 g/mol. The molecule has 0 unspecified atom stereocenters. The number of nitrogens with zero attached hydrogens (tertiary/aromatic N) is 1. The Kier molecular flexibility index (Phi) is 4.57. The van der Waals surface area contributed by atoms with Gasteiger partial charge in [-0.05, 0) is 25.0 Å². The number of benzene rings is 1. The van der Waals surface area contributed by atoms with Gasteiger partial charge < -0.3 is 10.2 Å². The van der Waals surface area contributed by atoms with Crippen LogP contribution in [0.2, 0.25) is 0 Å². The molecule has 0 heterocycles. The molecule has 0 bridgehead atoms. The highest BCUT2D eigenvalue weighted by molar-refractivity contribution is 5.94. The van der Waals surface area contributed by atoms with E-state index in [1.807, 2.05) is 0 Å². The Bertz CT molecular complexity index is 476.